The van der Waals surface area contributed by atoms with Crippen molar-refractivity contribution in [3.8, 4) is 0 Å². The van der Waals surface area contributed by atoms with Gasteiger partial charge in [-0.3, -0.25) is 0 Å². The topological polar surface area (TPSA) is 93.0 Å². The molecule has 0 bridgehead atoms. The Hall–Kier alpha value is -0.690. The first kappa shape index (κ1) is 9.40. The molecule has 0 aliphatic rings. The number of nitrogens with one attached hydrogen (secondary N) is 1. The SMILES string of the molecule is O=[P+](Cn1[nH]nnc1=S)OCO. The number of tetrazole rings is 1. The van der Waals surface area contributed by atoms with E-state index in [-0.39, 0.29) is 11.1 Å². The first-order chi connectivity index (χ1) is 5.74. The molecule has 0 fully saturated rings. The summed E-state index contributed by atoms with van der Waals surface area (Å²) in [7, 11) is -1.96. The summed E-state index contributed by atoms with van der Waals surface area (Å²) in [4.78, 5) is 0. The molecule has 0 aliphatic heterocycles. The Morgan fingerprint density at radius 3 is 3.08 bits per heavy atom. The van der Waals surface area contributed by atoms with Crippen LogP contribution in [0.25, 0.3) is 0 Å². The molecular formula is C3H6N4O3PS+. The third-order valence-corrected chi connectivity index (χ3v) is 2.21. The summed E-state index contributed by atoms with van der Waals surface area (Å²) < 4.78 is 16.8. The fraction of sp³-hybridized carbons (Fsp3) is 0.667. The van der Waals surface area contributed by atoms with Gasteiger partial charge in [0, 0.05) is 0 Å². The maximum atomic E-state index is 10.9. The first-order valence-electron chi connectivity index (χ1n) is 2.90. The highest BCUT2D eigenvalue weighted by molar-refractivity contribution is 7.71. The first-order valence-corrected chi connectivity index (χ1v) is 4.67. The van der Waals surface area contributed by atoms with Gasteiger partial charge in [-0.25, -0.2) is 0 Å². The van der Waals surface area contributed by atoms with Crippen LogP contribution in [0.5, 0.6) is 0 Å². The number of hydrogen-bond donors (Lipinski definition) is 2. The molecule has 2 N–H and O–H groups in total. The average Bonchev–Trinajstić information content (AvgIpc) is 2.37. The highest BCUT2D eigenvalue weighted by Gasteiger charge is 2.18. The zero-order valence-electron chi connectivity index (χ0n) is 5.88. The summed E-state index contributed by atoms with van der Waals surface area (Å²) in [6.07, 6.45) is 0.0156. The monoisotopic (exact) mass is 209 g/mol. The fourth-order valence-electron chi connectivity index (χ4n) is 0.529. The Balaban J connectivity index is 2.58. The van der Waals surface area contributed by atoms with Crippen LogP contribution in [0.2, 0.25) is 0 Å². The molecule has 0 saturated carbocycles. The summed E-state index contributed by atoms with van der Waals surface area (Å²) in [6, 6.07) is 0. The van der Waals surface area contributed by atoms with E-state index in [0.717, 1.165) is 0 Å². The molecule has 1 unspecified atom stereocenters. The normalized spacial score (nSPS) is 11.6. The second-order valence-electron chi connectivity index (χ2n) is 1.74. The van der Waals surface area contributed by atoms with Crippen LogP contribution in [0.1, 0.15) is 0 Å². The van der Waals surface area contributed by atoms with Crippen molar-refractivity contribution in [2.24, 2.45) is 0 Å². The minimum atomic E-state index is -1.96. The molecule has 0 amide bonds. The van der Waals surface area contributed by atoms with Crippen molar-refractivity contribution in [3.63, 3.8) is 0 Å². The summed E-state index contributed by atoms with van der Waals surface area (Å²) in [6.45, 7) is -0.579. The predicted octanol–water partition coefficient (Wildman–Crippen LogP) is 0.00199. The highest BCUT2D eigenvalue weighted by Crippen LogP contribution is 2.22. The average molecular weight is 209 g/mol. The largest absolute Gasteiger partial charge is 0.534 e. The predicted molar refractivity (Wildman–Crippen MR) is 41.0 cm³/mol. The molecule has 0 aliphatic carbocycles. The molecule has 1 aromatic rings. The summed E-state index contributed by atoms with van der Waals surface area (Å²) in [5.41, 5.74) is 0. The Morgan fingerprint density at radius 1 is 1.83 bits per heavy atom. The van der Waals surface area contributed by atoms with Gasteiger partial charge < -0.3 is 5.11 Å². The Bertz CT molecular complexity index is 321. The summed E-state index contributed by atoms with van der Waals surface area (Å²) in [5.74, 6) is 0. The highest BCUT2D eigenvalue weighted by atomic mass is 32.1. The van der Waals surface area contributed by atoms with E-state index in [2.05, 4.69) is 20.0 Å². The molecule has 0 saturated heterocycles. The third-order valence-electron chi connectivity index (χ3n) is 0.991. The van der Waals surface area contributed by atoms with E-state index in [4.69, 9.17) is 17.3 Å². The van der Waals surface area contributed by atoms with Crippen LogP contribution in [-0.4, -0.2) is 32.1 Å². The van der Waals surface area contributed by atoms with Gasteiger partial charge in [-0.2, -0.15) is 9.90 Å². The van der Waals surface area contributed by atoms with Gasteiger partial charge in [0.15, 0.2) is 6.79 Å². The third kappa shape index (κ3) is 2.42. The maximum absolute atomic E-state index is 10.9. The number of aliphatic hydroxyl groups excluding tert-OH is 1. The van der Waals surface area contributed by atoms with Crippen LogP contribution in [0.4, 0.5) is 0 Å². The minimum absolute atomic E-state index is 0.0156. The molecule has 0 aromatic carbocycles. The Kier molecular flexibility index (Phi) is 3.42. The number of rotatable bonds is 4. The lowest BCUT2D eigenvalue weighted by Crippen LogP contribution is -1.98. The number of aromatic nitrogens is 4. The molecule has 0 spiro atoms. The maximum Gasteiger partial charge on any atom is 0.534 e. The number of hydrogen-bond acceptors (Lipinski definition) is 6. The lowest BCUT2D eigenvalue weighted by molar-refractivity contribution is 0.105. The second-order valence-corrected chi connectivity index (χ2v) is 3.31. The summed E-state index contributed by atoms with van der Waals surface area (Å²) >= 11 is 4.70. The van der Waals surface area contributed by atoms with Crippen LogP contribution in [-0.2, 0) is 15.4 Å². The quantitative estimate of drug-likeness (QED) is 0.412. The van der Waals surface area contributed by atoms with Crippen LogP contribution >= 0.6 is 20.2 Å². The molecular weight excluding hydrogens is 203 g/mol. The molecule has 1 aromatic heterocycles. The van der Waals surface area contributed by atoms with Gasteiger partial charge in [-0.1, -0.05) is 10.3 Å². The van der Waals surface area contributed by atoms with E-state index in [0.29, 0.717) is 0 Å². The van der Waals surface area contributed by atoms with Crippen molar-refractivity contribution >= 4 is 20.2 Å². The standard InChI is InChI=1S/C3H5N4O3PS/c8-2-10-11(9)1-7-3(12)4-5-6-7/h8H,1-2H2/p+1. The number of aromatic amines is 1. The number of aliphatic hydroxyl groups is 1. The van der Waals surface area contributed by atoms with Crippen molar-refractivity contribution in [3.05, 3.63) is 4.77 Å². The van der Waals surface area contributed by atoms with E-state index in [9.17, 15) is 4.57 Å². The van der Waals surface area contributed by atoms with E-state index in [1.807, 2.05) is 0 Å². The van der Waals surface area contributed by atoms with Crippen molar-refractivity contribution < 1.29 is 14.2 Å². The van der Waals surface area contributed by atoms with Gasteiger partial charge in [0.25, 0.3) is 6.29 Å². The van der Waals surface area contributed by atoms with E-state index < -0.39 is 14.8 Å². The lowest BCUT2D eigenvalue weighted by Gasteiger charge is -1.87. The van der Waals surface area contributed by atoms with Crippen molar-refractivity contribution in [2.45, 2.75) is 6.29 Å². The van der Waals surface area contributed by atoms with Gasteiger partial charge >= 0.3 is 8.03 Å². The van der Waals surface area contributed by atoms with Crippen molar-refractivity contribution in [1.29, 1.82) is 0 Å². The molecule has 66 valence electrons. The fourth-order valence-corrected chi connectivity index (χ4v) is 1.41. The number of H-pyrrole nitrogens is 1. The van der Waals surface area contributed by atoms with Crippen molar-refractivity contribution in [1.82, 2.24) is 20.2 Å². The zero-order chi connectivity index (χ0) is 8.97. The van der Waals surface area contributed by atoms with Gasteiger partial charge in [-0.05, 0) is 16.8 Å². The molecule has 1 rings (SSSR count). The Labute approximate surface area is 73.2 Å². The van der Waals surface area contributed by atoms with E-state index >= 15 is 0 Å². The van der Waals surface area contributed by atoms with Gasteiger partial charge in [0.2, 0.25) is 4.77 Å². The van der Waals surface area contributed by atoms with Gasteiger partial charge in [0.05, 0.1) is 0 Å². The molecule has 1 heterocycles. The van der Waals surface area contributed by atoms with Gasteiger partial charge in [-0.15, -0.1) is 4.52 Å². The zero-order valence-corrected chi connectivity index (χ0v) is 7.59. The molecule has 9 heteroatoms. The second kappa shape index (κ2) is 4.36. The van der Waals surface area contributed by atoms with Gasteiger partial charge in [0.1, 0.15) is 0 Å². The minimum Gasteiger partial charge on any atom is -0.367 e. The Morgan fingerprint density at radius 2 is 2.58 bits per heavy atom. The van der Waals surface area contributed by atoms with Crippen LogP contribution in [0.15, 0.2) is 0 Å². The lowest BCUT2D eigenvalue weighted by atomic mass is 11.2. The molecule has 7 nitrogen and oxygen atoms in total. The van der Waals surface area contributed by atoms with Crippen LogP contribution in [0.3, 0.4) is 0 Å². The molecule has 12 heavy (non-hydrogen) atoms. The number of nitrogens with zero attached hydrogens (tertiary/aromatic N) is 3. The smallest absolute Gasteiger partial charge is 0.367 e. The van der Waals surface area contributed by atoms with Crippen molar-refractivity contribution in [2.75, 3.05) is 6.79 Å². The van der Waals surface area contributed by atoms with Crippen LogP contribution in [0, 0.1) is 4.77 Å². The molecule has 1 atom stereocenters. The van der Waals surface area contributed by atoms with E-state index in [1.165, 1.54) is 4.68 Å². The molecule has 0 radical (unpaired) electrons. The van der Waals surface area contributed by atoms with E-state index in [1.54, 1.807) is 0 Å². The van der Waals surface area contributed by atoms with Crippen LogP contribution < -0.4 is 0 Å². The summed E-state index contributed by atoms with van der Waals surface area (Å²) in [5, 5.41) is 17.5.